The number of rotatable bonds is 6. The number of carbonyl (C=O) groups excluding carboxylic acids is 2. The van der Waals surface area contributed by atoms with Gasteiger partial charge in [-0.25, -0.2) is 0 Å². The second-order valence-corrected chi connectivity index (χ2v) is 9.04. The van der Waals surface area contributed by atoms with Crippen molar-refractivity contribution in [1.29, 1.82) is 0 Å². The van der Waals surface area contributed by atoms with Crippen LogP contribution < -0.4 is 10.1 Å². The predicted octanol–water partition coefficient (Wildman–Crippen LogP) is -2.47. The van der Waals surface area contributed by atoms with Crippen LogP contribution in [-0.4, -0.2) is 110 Å². The number of Topliss-reactive ketones (excluding diaryl/α,β-unsaturated/α-hetero) is 1. The molecule has 4 rings (SSSR count). The van der Waals surface area contributed by atoms with Crippen LogP contribution in [0, 0.1) is 0 Å². The fraction of sp³-hybridized carbons (Fsp3) is 0.565. The maximum atomic E-state index is 12.7. The minimum atomic E-state index is -1.51. The van der Waals surface area contributed by atoms with E-state index in [9.17, 15) is 40.2 Å². The first-order chi connectivity index (χ1) is 17.0. The monoisotopic (exact) mass is 511 g/mol. The van der Waals surface area contributed by atoms with Gasteiger partial charge >= 0.3 is 0 Å². The number of aromatic hydroxyl groups is 1. The summed E-state index contributed by atoms with van der Waals surface area (Å²) in [6, 6.07) is 2.90. The van der Waals surface area contributed by atoms with Gasteiger partial charge in [0, 0.05) is 5.57 Å². The number of carbonyl (C=O) groups is 2. The molecule has 198 valence electrons. The second-order valence-electron chi connectivity index (χ2n) is 9.04. The first-order valence-electron chi connectivity index (χ1n) is 11.3. The quantitative estimate of drug-likeness (QED) is 0.199. The highest BCUT2D eigenvalue weighted by molar-refractivity contribution is 5.97. The van der Waals surface area contributed by atoms with E-state index < -0.39 is 72.9 Å². The molecule has 13 nitrogen and oxygen atoms in total. The molecule has 2 aliphatic heterocycles. The topological polar surface area (TPSA) is 204 Å². The Bertz CT molecular complexity index is 1030. The molecule has 1 aliphatic carbocycles. The molecule has 0 aromatic heterocycles. The highest BCUT2D eigenvalue weighted by Gasteiger charge is 2.53. The Balaban J connectivity index is 1.41. The van der Waals surface area contributed by atoms with E-state index in [0.717, 1.165) is 0 Å². The van der Waals surface area contributed by atoms with Gasteiger partial charge in [-0.1, -0.05) is 6.07 Å². The van der Waals surface area contributed by atoms with E-state index in [2.05, 4.69) is 5.32 Å². The Hall–Kier alpha value is -2.62. The van der Waals surface area contributed by atoms with Crippen molar-refractivity contribution in [2.75, 3.05) is 6.79 Å². The summed E-state index contributed by atoms with van der Waals surface area (Å²) in [4.78, 5) is 24.2. The summed E-state index contributed by atoms with van der Waals surface area (Å²) >= 11 is 0. The van der Waals surface area contributed by atoms with Gasteiger partial charge in [-0.3, -0.25) is 9.59 Å². The van der Waals surface area contributed by atoms with Gasteiger partial charge in [0.2, 0.25) is 12.2 Å². The molecule has 2 heterocycles. The molecular formula is C23H29NO12. The lowest BCUT2D eigenvalue weighted by Gasteiger charge is -2.41. The Kier molecular flexibility index (Phi) is 7.64. The fourth-order valence-electron chi connectivity index (χ4n) is 4.46. The summed E-state index contributed by atoms with van der Waals surface area (Å²) in [5.41, 5.74) is 0.545. The van der Waals surface area contributed by atoms with Crippen molar-refractivity contribution in [3.63, 3.8) is 0 Å². The molecule has 2 saturated heterocycles. The van der Waals surface area contributed by atoms with E-state index in [1.54, 1.807) is 0 Å². The fourth-order valence-corrected chi connectivity index (χ4v) is 4.46. The third kappa shape index (κ3) is 4.96. The summed E-state index contributed by atoms with van der Waals surface area (Å²) < 4.78 is 21.1. The number of aliphatic hydroxyl groups is 5. The smallest absolute Gasteiger partial charge is 0.247 e. The number of amides is 1. The largest absolute Gasteiger partial charge is 0.504 e. The Labute approximate surface area is 205 Å². The van der Waals surface area contributed by atoms with Gasteiger partial charge in [-0.15, -0.1) is 0 Å². The third-order valence-electron chi connectivity index (χ3n) is 6.49. The molecule has 1 amide bonds. The number of hydrogen-bond donors (Lipinski definition) is 7. The number of benzene rings is 1. The number of fused-ring (bicyclic) bond motifs is 1. The van der Waals surface area contributed by atoms with Gasteiger partial charge < -0.3 is 54.9 Å². The van der Waals surface area contributed by atoms with Gasteiger partial charge in [-0.05, 0) is 37.6 Å². The van der Waals surface area contributed by atoms with Crippen LogP contribution in [0.25, 0.3) is 6.08 Å². The molecule has 36 heavy (non-hydrogen) atoms. The summed E-state index contributed by atoms with van der Waals surface area (Å²) in [7, 11) is 0. The highest BCUT2D eigenvalue weighted by Crippen LogP contribution is 2.33. The molecule has 10 atom stereocenters. The van der Waals surface area contributed by atoms with Crippen LogP contribution >= 0.6 is 0 Å². The van der Waals surface area contributed by atoms with Crippen LogP contribution in [0.2, 0.25) is 0 Å². The molecule has 3 fully saturated rings. The van der Waals surface area contributed by atoms with Crippen LogP contribution in [0.5, 0.6) is 11.5 Å². The standard InChI is InChI=1S/C23H29NO12/c1-8(22(32)24-13-14(27)16(29)21-20(15(13)28)33-7-34-21)5-10-3-4-12(11(26)6-10)35-23-18(31)17(30)19(36-23)9(2)25/h3-6,13-21,23,26-31H,7H2,1-2H3,(H,24,32)/b8-5+/t13-,14+,15-,16?,17+,18+,19?,20+,21-,23-/m1/s1. The molecular weight excluding hydrogens is 482 g/mol. The number of ether oxygens (including phenoxy) is 4. The van der Waals surface area contributed by atoms with Crippen LogP contribution in [0.3, 0.4) is 0 Å². The summed E-state index contributed by atoms with van der Waals surface area (Å²) in [5.74, 6) is -1.59. The van der Waals surface area contributed by atoms with Crippen molar-refractivity contribution >= 4 is 17.8 Å². The third-order valence-corrected chi connectivity index (χ3v) is 6.49. The molecule has 1 aromatic carbocycles. The molecule has 3 aliphatic rings. The van der Waals surface area contributed by atoms with Gasteiger partial charge in [0.15, 0.2) is 17.3 Å². The lowest BCUT2D eigenvalue weighted by atomic mass is 9.83. The number of phenolic OH excluding ortho intramolecular Hbond substituents is 1. The van der Waals surface area contributed by atoms with E-state index in [0.29, 0.717) is 5.56 Å². The van der Waals surface area contributed by atoms with Crippen LogP contribution in [0.4, 0.5) is 0 Å². The van der Waals surface area contributed by atoms with Crippen molar-refractivity contribution in [3.8, 4) is 11.5 Å². The molecule has 0 spiro atoms. The molecule has 1 saturated carbocycles. The van der Waals surface area contributed by atoms with E-state index in [-0.39, 0.29) is 23.9 Å². The molecule has 2 unspecified atom stereocenters. The van der Waals surface area contributed by atoms with E-state index >= 15 is 0 Å². The minimum Gasteiger partial charge on any atom is -0.504 e. The van der Waals surface area contributed by atoms with E-state index in [4.69, 9.17) is 18.9 Å². The first kappa shape index (κ1) is 26.4. The zero-order chi connectivity index (χ0) is 26.3. The number of phenols is 1. The minimum absolute atomic E-state index is 0.0921. The summed E-state index contributed by atoms with van der Waals surface area (Å²) in [6.45, 7) is 2.52. The lowest BCUT2D eigenvalue weighted by Crippen LogP contribution is -2.67. The predicted molar refractivity (Wildman–Crippen MR) is 118 cm³/mol. The SMILES string of the molecule is CC(=O)C1O[C@@H](Oc2ccc(/C=C(\C)C(=O)N[C@H]3[C@@H](O)[C@@H]4OCO[C@@H]4C(O)[C@H]3O)cc2O)[C@@H](O)[C@@H]1O. The van der Waals surface area contributed by atoms with Gasteiger partial charge in [0.1, 0.15) is 55.6 Å². The Morgan fingerprint density at radius 3 is 2.25 bits per heavy atom. The maximum absolute atomic E-state index is 12.7. The van der Waals surface area contributed by atoms with Gasteiger partial charge in [-0.2, -0.15) is 0 Å². The van der Waals surface area contributed by atoms with Crippen molar-refractivity contribution in [2.24, 2.45) is 0 Å². The van der Waals surface area contributed by atoms with Gasteiger partial charge in [0.25, 0.3) is 0 Å². The van der Waals surface area contributed by atoms with E-state index in [1.807, 2.05) is 0 Å². The highest BCUT2D eigenvalue weighted by atomic mass is 16.7. The average molecular weight is 511 g/mol. The number of ketones is 1. The van der Waals surface area contributed by atoms with E-state index in [1.165, 1.54) is 38.1 Å². The van der Waals surface area contributed by atoms with Crippen molar-refractivity contribution in [3.05, 3.63) is 29.3 Å². The molecule has 13 heteroatoms. The molecule has 0 radical (unpaired) electrons. The molecule has 1 aromatic rings. The molecule has 7 N–H and O–H groups in total. The maximum Gasteiger partial charge on any atom is 0.247 e. The summed E-state index contributed by atoms with van der Waals surface area (Å²) in [6.07, 6.45) is -10.2. The van der Waals surface area contributed by atoms with Gasteiger partial charge in [0.05, 0.1) is 6.04 Å². The lowest BCUT2D eigenvalue weighted by molar-refractivity contribution is -0.155. The Morgan fingerprint density at radius 2 is 1.64 bits per heavy atom. The van der Waals surface area contributed by atoms with Crippen LogP contribution in [-0.2, 0) is 23.8 Å². The van der Waals surface area contributed by atoms with Crippen LogP contribution in [0.1, 0.15) is 19.4 Å². The first-order valence-corrected chi connectivity index (χ1v) is 11.3. The zero-order valence-electron chi connectivity index (χ0n) is 19.4. The molecule has 0 bridgehead atoms. The Morgan fingerprint density at radius 1 is 0.972 bits per heavy atom. The number of nitrogens with one attached hydrogen (secondary N) is 1. The zero-order valence-corrected chi connectivity index (χ0v) is 19.4. The second kappa shape index (κ2) is 10.4. The van der Waals surface area contributed by atoms with Crippen molar-refractivity contribution in [2.45, 2.75) is 75.0 Å². The van der Waals surface area contributed by atoms with Crippen LogP contribution in [0.15, 0.2) is 23.8 Å². The van der Waals surface area contributed by atoms with Crippen molar-refractivity contribution in [1.82, 2.24) is 5.32 Å². The normalized spacial score (nSPS) is 38.5. The average Bonchev–Trinajstić information content (AvgIpc) is 3.43. The summed E-state index contributed by atoms with van der Waals surface area (Å²) in [5, 5.41) is 63.9. The number of aliphatic hydroxyl groups excluding tert-OH is 5. The van der Waals surface area contributed by atoms with Crippen molar-refractivity contribution < 1.29 is 59.2 Å². The number of hydrogen-bond acceptors (Lipinski definition) is 12.